The third kappa shape index (κ3) is 3.86. The van der Waals surface area contributed by atoms with Crippen molar-refractivity contribution in [3.05, 3.63) is 58.8 Å². The third-order valence-electron chi connectivity index (χ3n) is 5.55. The summed E-state index contributed by atoms with van der Waals surface area (Å²) in [5.74, 6) is 1.37. The van der Waals surface area contributed by atoms with E-state index in [1.54, 1.807) is 0 Å². The highest BCUT2D eigenvalue weighted by molar-refractivity contribution is 9.10. The molecular formula is C23H26BrN3O. The molecule has 146 valence electrons. The number of nitrogens with zero attached hydrogens (tertiary/aromatic N) is 3. The topological polar surface area (TPSA) is 38.1 Å². The molecule has 5 heteroatoms. The summed E-state index contributed by atoms with van der Waals surface area (Å²) >= 11 is 3.47. The first-order valence-electron chi connectivity index (χ1n) is 10.2. The summed E-state index contributed by atoms with van der Waals surface area (Å²) in [7, 11) is 0. The molecule has 1 fully saturated rings. The Bertz CT molecular complexity index is 964. The van der Waals surface area contributed by atoms with E-state index in [-0.39, 0.29) is 11.8 Å². The van der Waals surface area contributed by atoms with Gasteiger partial charge in [0, 0.05) is 35.6 Å². The Labute approximate surface area is 174 Å². The molecule has 1 amide bonds. The number of halogens is 1. The van der Waals surface area contributed by atoms with Gasteiger partial charge in [-0.15, -0.1) is 0 Å². The monoisotopic (exact) mass is 439 g/mol. The summed E-state index contributed by atoms with van der Waals surface area (Å²) in [6, 6.07) is 16.3. The van der Waals surface area contributed by atoms with Crippen LogP contribution >= 0.6 is 15.9 Å². The largest absolute Gasteiger partial charge is 0.328 e. The molecule has 0 bridgehead atoms. The van der Waals surface area contributed by atoms with Crippen molar-refractivity contribution in [2.24, 2.45) is 0 Å². The lowest BCUT2D eigenvalue weighted by Gasteiger charge is -2.17. The minimum atomic E-state index is 0.134. The highest BCUT2D eigenvalue weighted by Crippen LogP contribution is 2.33. The number of aryl methyl sites for hydroxylation is 1. The van der Waals surface area contributed by atoms with Crippen LogP contribution in [0.15, 0.2) is 53.0 Å². The molecular weight excluding hydrogens is 414 g/mol. The number of para-hydroxylation sites is 2. The van der Waals surface area contributed by atoms with E-state index in [4.69, 9.17) is 4.98 Å². The lowest BCUT2D eigenvalue weighted by atomic mass is 10.1. The van der Waals surface area contributed by atoms with Crippen molar-refractivity contribution in [2.45, 2.75) is 51.5 Å². The number of hydrogen-bond acceptors (Lipinski definition) is 2. The Balaban J connectivity index is 1.61. The van der Waals surface area contributed by atoms with E-state index in [0.717, 1.165) is 34.5 Å². The second-order valence-corrected chi connectivity index (χ2v) is 8.47. The van der Waals surface area contributed by atoms with Crippen molar-refractivity contribution >= 4 is 38.6 Å². The van der Waals surface area contributed by atoms with Crippen LogP contribution in [0.2, 0.25) is 0 Å². The van der Waals surface area contributed by atoms with Gasteiger partial charge in [0.2, 0.25) is 5.91 Å². The fourth-order valence-electron chi connectivity index (χ4n) is 4.09. The molecule has 1 unspecified atom stereocenters. The predicted octanol–water partition coefficient (Wildman–Crippen LogP) is 5.90. The molecule has 0 saturated carbocycles. The van der Waals surface area contributed by atoms with Crippen LogP contribution in [0.1, 0.15) is 50.8 Å². The fraction of sp³-hybridized carbons (Fsp3) is 0.391. The summed E-state index contributed by atoms with van der Waals surface area (Å²) in [5, 5.41) is 0. The first kappa shape index (κ1) is 19.2. The van der Waals surface area contributed by atoms with Gasteiger partial charge in [-0.3, -0.25) is 4.79 Å². The summed E-state index contributed by atoms with van der Waals surface area (Å²) in [5.41, 5.74) is 3.17. The molecule has 1 saturated heterocycles. The molecule has 3 aromatic rings. The van der Waals surface area contributed by atoms with Crippen molar-refractivity contribution in [3.8, 4) is 0 Å². The van der Waals surface area contributed by atoms with E-state index < -0.39 is 0 Å². The van der Waals surface area contributed by atoms with E-state index in [0.29, 0.717) is 13.0 Å². The number of benzene rings is 2. The molecule has 1 aliphatic rings. The highest BCUT2D eigenvalue weighted by atomic mass is 79.9. The number of aromatic nitrogens is 2. The molecule has 0 aliphatic carbocycles. The maximum absolute atomic E-state index is 12.7. The molecule has 0 spiro atoms. The van der Waals surface area contributed by atoms with E-state index in [1.807, 2.05) is 35.2 Å². The second kappa shape index (κ2) is 8.48. The summed E-state index contributed by atoms with van der Waals surface area (Å²) in [4.78, 5) is 19.6. The Hall–Kier alpha value is -2.14. The Morgan fingerprint density at radius 1 is 1.07 bits per heavy atom. The maximum atomic E-state index is 12.7. The summed E-state index contributed by atoms with van der Waals surface area (Å²) in [6.45, 7) is 3.90. The van der Waals surface area contributed by atoms with Gasteiger partial charge in [-0.1, -0.05) is 54.2 Å². The van der Waals surface area contributed by atoms with Crippen LogP contribution in [0.4, 0.5) is 5.69 Å². The lowest BCUT2D eigenvalue weighted by Crippen LogP contribution is -2.24. The zero-order chi connectivity index (χ0) is 19.5. The van der Waals surface area contributed by atoms with Crippen molar-refractivity contribution in [2.75, 3.05) is 11.4 Å². The van der Waals surface area contributed by atoms with Gasteiger partial charge in [0.15, 0.2) is 0 Å². The van der Waals surface area contributed by atoms with E-state index in [2.05, 4.69) is 45.6 Å². The van der Waals surface area contributed by atoms with Gasteiger partial charge in [-0.2, -0.15) is 0 Å². The molecule has 28 heavy (non-hydrogen) atoms. The van der Waals surface area contributed by atoms with Gasteiger partial charge in [-0.05, 0) is 42.8 Å². The smallest absolute Gasteiger partial charge is 0.227 e. The average molecular weight is 440 g/mol. The molecule has 1 aliphatic heterocycles. The molecule has 2 aromatic carbocycles. The fourth-order valence-corrected chi connectivity index (χ4v) is 4.35. The minimum Gasteiger partial charge on any atom is -0.328 e. The first-order chi connectivity index (χ1) is 13.7. The van der Waals surface area contributed by atoms with Crippen LogP contribution in [-0.2, 0) is 11.3 Å². The van der Waals surface area contributed by atoms with Crippen LogP contribution in [-0.4, -0.2) is 22.0 Å². The van der Waals surface area contributed by atoms with Crippen molar-refractivity contribution in [3.63, 3.8) is 0 Å². The molecule has 1 aromatic heterocycles. The van der Waals surface area contributed by atoms with Gasteiger partial charge >= 0.3 is 0 Å². The SMILES string of the molecule is CCCCCCn1c(C2CC(=O)N(c3ccc(Br)cc3)C2)nc2ccccc21. The quantitative estimate of drug-likeness (QED) is 0.429. The number of imidazole rings is 1. The molecule has 4 rings (SSSR count). The Morgan fingerprint density at radius 2 is 1.86 bits per heavy atom. The number of fused-ring (bicyclic) bond motifs is 1. The first-order valence-corrected chi connectivity index (χ1v) is 11.0. The minimum absolute atomic E-state index is 0.134. The number of rotatable bonds is 7. The number of hydrogen-bond donors (Lipinski definition) is 0. The molecule has 0 N–H and O–H groups in total. The number of carbonyl (C=O) groups is 1. The van der Waals surface area contributed by atoms with E-state index >= 15 is 0 Å². The zero-order valence-electron chi connectivity index (χ0n) is 16.3. The maximum Gasteiger partial charge on any atom is 0.227 e. The van der Waals surface area contributed by atoms with E-state index in [9.17, 15) is 4.79 Å². The van der Waals surface area contributed by atoms with Crippen LogP contribution in [0, 0.1) is 0 Å². The average Bonchev–Trinajstić information content (AvgIpc) is 3.27. The van der Waals surface area contributed by atoms with Crippen LogP contribution in [0.3, 0.4) is 0 Å². The normalized spacial score (nSPS) is 17.0. The standard InChI is InChI=1S/C23H26BrN3O/c1-2-3-4-7-14-26-21-9-6-5-8-20(21)25-23(26)17-15-22(28)27(16-17)19-12-10-18(24)11-13-19/h5-6,8-13,17H,2-4,7,14-16H2,1H3. The lowest BCUT2D eigenvalue weighted by molar-refractivity contribution is -0.117. The van der Waals surface area contributed by atoms with Gasteiger partial charge < -0.3 is 9.47 Å². The second-order valence-electron chi connectivity index (χ2n) is 7.55. The van der Waals surface area contributed by atoms with Crippen LogP contribution in [0.25, 0.3) is 11.0 Å². The van der Waals surface area contributed by atoms with Crippen LogP contribution < -0.4 is 4.90 Å². The third-order valence-corrected chi connectivity index (χ3v) is 6.08. The van der Waals surface area contributed by atoms with Gasteiger partial charge in [-0.25, -0.2) is 4.98 Å². The number of carbonyl (C=O) groups excluding carboxylic acids is 1. The zero-order valence-corrected chi connectivity index (χ0v) is 17.9. The molecule has 4 nitrogen and oxygen atoms in total. The van der Waals surface area contributed by atoms with Crippen molar-refractivity contribution in [1.29, 1.82) is 0 Å². The van der Waals surface area contributed by atoms with Gasteiger partial charge in [0.25, 0.3) is 0 Å². The van der Waals surface area contributed by atoms with Gasteiger partial charge in [0.1, 0.15) is 5.82 Å². The molecule has 0 radical (unpaired) electrons. The number of unbranched alkanes of at least 4 members (excludes halogenated alkanes) is 3. The molecule has 2 heterocycles. The van der Waals surface area contributed by atoms with Gasteiger partial charge in [0.05, 0.1) is 11.0 Å². The van der Waals surface area contributed by atoms with Crippen molar-refractivity contribution in [1.82, 2.24) is 9.55 Å². The van der Waals surface area contributed by atoms with E-state index in [1.165, 1.54) is 24.8 Å². The van der Waals surface area contributed by atoms with Crippen molar-refractivity contribution < 1.29 is 4.79 Å². The Kier molecular flexibility index (Phi) is 5.81. The summed E-state index contributed by atoms with van der Waals surface area (Å²) in [6.07, 6.45) is 5.40. The molecule has 1 atom stereocenters. The number of amides is 1. The van der Waals surface area contributed by atoms with Crippen LogP contribution in [0.5, 0.6) is 0 Å². The predicted molar refractivity (Wildman–Crippen MR) is 118 cm³/mol. The summed E-state index contributed by atoms with van der Waals surface area (Å²) < 4.78 is 3.38. The Morgan fingerprint density at radius 3 is 2.64 bits per heavy atom. The number of anilines is 1. The highest BCUT2D eigenvalue weighted by Gasteiger charge is 2.34.